The van der Waals surface area contributed by atoms with Gasteiger partial charge in [-0.2, -0.15) is 0 Å². The zero-order valence-corrected chi connectivity index (χ0v) is 9.45. The van der Waals surface area contributed by atoms with Crippen LogP contribution in [-0.4, -0.2) is 17.0 Å². The Morgan fingerprint density at radius 2 is 2.10 bits per heavy atom. The van der Waals surface area contributed by atoms with Crippen LogP contribution < -0.4 is 0 Å². The van der Waals surface area contributed by atoms with Crippen molar-refractivity contribution < 1.29 is 4.74 Å². The molecule has 62 valence electrons. The molecule has 0 aromatic rings. The second kappa shape index (κ2) is 8.02. The van der Waals surface area contributed by atoms with Crippen LogP contribution in [0.15, 0.2) is 0 Å². The van der Waals surface area contributed by atoms with Crippen molar-refractivity contribution in [3.8, 4) is 0 Å². The van der Waals surface area contributed by atoms with Crippen molar-refractivity contribution in [2.75, 3.05) is 11.9 Å². The lowest BCUT2D eigenvalue weighted by molar-refractivity contribution is 0.112. The summed E-state index contributed by atoms with van der Waals surface area (Å²) >= 11 is 6.76. The van der Waals surface area contributed by atoms with Crippen molar-refractivity contribution in [1.82, 2.24) is 0 Å². The van der Waals surface area contributed by atoms with Gasteiger partial charge in [0.2, 0.25) is 0 Å². The summed E-state index contributed by atoms with van der Waals surface area (Å²) in [5, 5.41) is 1.33. The van der Waals surface area contributed by atoms with Crippen LogP contribution in [0, 0.1) is 0 Å². The van der Waals surface area contributed by atoms with E-state index in [4.69, 9.17) is 4.74 Å². The number of hydrogen-bond acceptors (Lipinski definition) is 1. The smallest absolute Gasteiger partial charge is 0.112 e. The minimum Gasteiger partial charge on any atom is -0.367 e. The van der Waals surface area contributed by atoms with E-state index in [1.54, 1.807) is 0 Å². The zero-order chi connectivity index (χ0) is 7.82. The van der Waals surface area contributed by atoms with Crippen molar-refractivity contribution in [3.63, 3.8) is 0 Å². The fourth-order valence-corrected chi connectivity index (χ4v) is 1.11. The number of halogens is 2. The molecule has 0 bridgehead atoms. The number of hydrogen-bond donors (Lipinski definition) is 0. The molecule has 0 radical (unpaired) electrons. The van der Waals surface area contributed by atoms with Gasteiger partial charge in [0.1, 0.15) is 5.01 Å². The van der Waals surface area contributed by atoms with Gasteiger partial charge in [0.15, 0.2) is 0 Å². The first-order chi connectivity index (χ1) is 4.81. The van der Waals surface area contributed by atoms with Gasteiger partial charge >= 0.3 is 0 Å². The largest absolute Gasteiger partial charge is 0.367 e. The molecule has 0 heterocycles. The Bertz CT molecular complexity index is 68.6. The van der Waals surface area contributed by atoms with Crippen LogP contribution in [0.25, 0.3) is 0 Å². The van der Waals surface area contributed by atoms with Crippen molar-refractivity contribution in [2.24, 2.45) is 0 Å². The maximum Gasteiger partial charge on any atom is 0.112 e. The predicted molar refractivity (Wildman–Crippen MR) is 52.0 cm³/mol. The van der Waals surface area contributed by atoms with Gasteiger partial charge in [0, 0.05) is 11.9 Å². The third-order valence-electron chi connectivity index (χ3n) is 1.15. The first-order valence-corrected chi connectivity index (χ1v) is 5.66. The minimum atomic E-state index is 0.253. The molecule has 0 saturated heterocycles. The average molecular weight is 274 g/mol. The highest BCUT2D eigenvalue weighted by Gasteiger charge is 1.97. The highest BCUT2D eigenvalue weighted by Crippen LogP contribution is 2.06. The van der Waals surface area contributed by atoms with Crippen molar-refractivity contribution in [3.05, 3.63) is 0 Å². The van der Waals surface area contributed by atoms with Crippen molar-refractivity contribution in [2.45, 2.75) is 31.2 Å². The van der Waals surface area contributed by atoms with Gasteiger partial charge in [-0.1, -0.05) is 38.8 Å². The molecule has 1 atom stereocenters. The van der Waals surface area contributed by atoms with E-state index in [1.807, 2.05) is 0 Å². The Labute approximate surface area is 79.8 Å². The summed E-state index contributed by atoms with van der Waals surface area (Å²) in [5.74, 6) is 0. The van der Waals surface area contributed by atoms with E-state index >= 15 is 0 Å². The fourth-order valence-electron chi connectivity index (χ4n) is 0.526. The average Bonchev–Trinajstić information content (AvgIpc) is 1.98. The molecule has 3 heteroatoms. The predicted octanol–water partition coefficient (Wildman–Crippen LogP) is 3.31. The standard InChI is InChI=1S/C7H14Br2O/c1-2-7(9)10-6-4-3-5-8/h7H,2-6H2,1H3. The van der Waals surface area contributed by atoms with E-state index in [-0.39, 0.29) is 5.01 Å². The van der Waals surface area contributed by atoms with Gasteiger partial charge in [-0.3, -0.25) is 0 Å². The SMILES string of the molecule is CCC(Br)OCCCCBr. The third kappa shape index (κ3) is 7.03. The number of rotatable bonds is 6. The monoisotopic (exact) mass is 272 g/mol. The summed E-state index contributed by atoms with van der Waals surface area (Å²) in [4.78, 5) is 0. The first kappa shape index (κ1) is 10.9. The molecular weight excluding hydrogens is 260 g/mol. The summed E-state index contributed by atoms with van der Waals surface area (Å²) in [7, 11) is 0. The topological polar surface area (TPSA) is 9.23 Å². The van der Waals surface area contributed by atoms with Crippen LogP contribution >= 0.6 is 31.9 Å². The molecular formula is C7H14Br2O. The van der Waals surface area contributed by atoms with Crippen LogP contribution in [-0.2, 0) is 4.74 Å². The lowest BCUT2D eigenvalue weighted by Gasteiger charge is -2.07. The molecule has 0 rings (SSSR count). The molecule has 0 aromatic heterocycles. The van der Waals surface area contributed by atoms with E-state index in [0.717, 1.165) is 24.8 Å². The van der Waals surface area contributed by atoms with Crippen LogP contribution in [0.3, 0.4) is 0 Å². The normalized spacial score (nSPS) is 13.5. The van der Waals surface area contributed by atoms with E-state index in [1.165, 1.54) is 6.42 Å². The summed E-state index contributed by atoms with van der Waals surface area (Å²) < 4.78 is 5.39. The Morgan fingerprint density at radius 1 is 1.40 bits per heavy atom. The molecule has 0 amide bonds. The number of unbranched alkanes of at least 4 members (excludes halogenated alkanes) is 1. The Morgan fingerprint density at radius 3 is 2.60 bits per heavy atom. The van der Waals surface area contributed by atoms with E-state index < -0.39 is 0 Å². The first-order valence-electron chi connectivity index (χ1n) is 3.63. The number of ether oxygens (including phenoxy) is 1. The molecule has 0 aliphatic heterocycles. The summed E-state index contributed by atoms with van der Waals surface area (Å²) in [5.41, 5.74) is 0. The fraction of sp³-hybridized carbons (Fsp3) is 1.00. The van der Waals surface area contributed by atoms with Gasteiger partial charge in [0.25, 0.3) is 0 Å². The summed E-state index contributed by atoms with van der Waals surface area (Å²) in [6, 6.07) is 0. The zero-order valence-electron chi connectivity index (χ0n) is 6.28. The molecule has 0 fully saturated rings. The Balaban J connectivity index is 2.89. The summed E-state index contributed by atoms with van der Waals surface area (Å²) in [6.07, 6.45) is 3.38. The van der Waals surface area contributed by atoms with Gasteiger partial charge in [-0.15, -0.1) is 0 Å². The molecule has 0 aliphatic rings. The highest BCUT2D eigenvalue weighted by atomic mass is 79.9. The maximum atomic E-state index is 5.39. The van der Waals surface area contributed by atoms with Crippen molar-refractivity contribution >= 4 is 31.9 Å². The lowest BCUT2D eigenvalue weighted by atomic mass is 10.4. The molecule has 0 saturated carbocycles. The molecule has 0 spiro atoms. The second-order valence-electron chi connectivity index (χ2n) is 2.09. The lowest BCUT2D eigenvalue weighted by Crippen LogP contribution is -2.03. The van der Waals surface area contributed by atoms with Gasteiger partial charge in [-0.05, 0) is 19.3 Å². The minimum absolute atomic E-state index is 0.253. The van der Waals surface area contributed by atoms with Gasteiger partial charge in [-0.25, -0.2) is 0 Å². The molecule has 0 N–H and O–H groups in total. The maximum absolute atomic E-state index is 5.39. The van der Waals surface area contributed by atoms with Crippen LogP contribution in [0.1, 0.15) is 26.2 Å². The Hall–Kier alpha value is 0.920. The molecule has 10 heavy (non-hydrogen) atoms. The van der Waals surface area contributed by atoms with E-state index in [0.29, 0.717) is 0 Å². The van der Waals surface area contributed by atoms with Crippen LogP contribution in [0.2, 0.25) is 0 Å². The molecule has 1 unspecified atom stereocenters. The Kier molecular flexibility index (Phi) is 8.76. The van der Waals surface area contributed by atoms with Crippen LogP contribution in [0.5, 0.6) is 0 Å². The molecule has 0 aliphatic carbocycles. The molecule has 1 nitrogen and oxygen atoms in total. The second-order valence-corrected chi connectivity index (χ2v) is 3.90. The number of alkyl halides is 2. The van der Waals surface area contributed by atoms with Crippen LogP contribution in [0.4, 0.5) is 0 Å². The summed E-state index contributed by atoms with van der Waals surface area (Å²) in [6.45, 7) is 2.97. The van der Waals surface area contributed by atoms with Gasteiger partial charge < -0.3 is 4.74 Å². The van der Waals surface area contributed by atoms with Crippen molar-refractivity contribution in [1.29, 1.82) is 0 Å². The highest BCUT2D eigenvalue weighted by molar-refractivity contribution is 9.09. The van der Waals surface area contributed by atoms with Gasteiger partial charge in [0.05, 0.1) is 0 Å². The molecule has 0 aromatic carbocycles. The van der Waals surface area contributed by atoms with E-state index in [9.17, 15) is 0 Å². The third-order valence-corrected chi connectivity index (χ3v) is 2.62. The van der Waals surface area contributed by atoms with E-state index in [2.05, 4.69) is 38.8 Å². The quantitative estimate of drug-likeness (QED) is 0.533.